The van der Waals surface area contributed by atoms with Crippen molar-refractivity contribution in [2.75, 3.05) is 24.5 Å². The van der Waals surface area contributed by atoms with Crippen molar-refractivity contribution in [2.24, 2.45) is 5.73 Å². The molecule has 1 fully saturated rings. The average Bonchev–Trinajstić information content (AvgIpc) is 2.27. The standard InChI is InChI=1S/C13H20N4O/c1-8-6-11(12(13(14)18)10(3)16-8)17-5-4-15-9(2)7-17/h6,9,15H,4-5,7H2,1-3H3,(H2,14,18)/t9-/m0/s1. The highest BCUT2D eigenvalue weighted by molar-refractivity contribution is 5.99. The largest absolute Gasteiger partial charge is 0.368 e. The molecular weight excluding hydrogens is 228 g/mol. The van der Waals surface area contributed by atoms with E-state index in [0.29, 0.717) is 17.3 Å². The minimum atomic E-state index is -0.402. The number of carbonyl (C=O) groups is 1. The molecule has 0 aliphatic carbocycles. The molecule has 1 aliphatic heterocycles. The third-order valence-electron chi connectivity index (χ3n) is 3.26. The molecule has 1 atom stereocenters. The topological polar surface area (TPSA) is 71.2 Å². The molecule has 0 bridgehead atoms. The molecule has 0 radical (unpaired) electrons. The molecule has 1 aromatic heterocycles. The highest BCUT2D eigenvalue weighted by Crippen LogP contribution is 2.24. The molecule has 2 rings (SSSR count). The second-order valence-electron chi connectivity index (χ2n) is 4.91. The molecule has 1 aromatic rings. The van der Waals surface area contributed by atoms with Crippen LogP contribution in [0.5, 0.6) is 0 Å². The molecule has 3 N–H and O–H groups in total. The van der Waals surface area contributed by atoms with Crippen LogP contribution in [0.1, 0.15) is 28.7 Å². The Morgan fingerprint density at radius 1 is 1.56 bits per heavy atom. The lowest BCUT2D eigenvalue weighted by molar-refractivity contribution is 0.0999. The first kappa shape index (κ1) is 12.8. The number of aromatic nitrogens is 1. The van der Waals surface area contributed by atoms with Gasteiger partial charge in [-0.05, 0) is 26.8 Å². The highest BCUT2D eigenvalue weighted by atomic mass is 16.1. The number of aryl methyl sites for hydroxylation is 2. The van der Waals surface area contributed by atoms with Gasteiger partial charge in [0.25, 0.3) is 5.91 Å². The summed E-state index contributed by atoms with van der Waals surface area (Å²) in [5.74, 6) is -0.402. The molecule has 1 aliphatic rings. The number of nitrogens with two attached hydrogens (primary N) is 1. The van der Waals surface area contributed by atoms with E-state index in [9.17, 15) is 4.79 Å². The van der Waals surface area contributed by atoms with E-state index in [0.717, 1.165) is 31.0 Å². The first-order chi connectivity index (χ1) is 8.49. The maximum atomic E-state index is 11.6. The van der Waals surface area contributed by atoms with E-state index < -0.39 is 5.91 Å². The van der Waals surface area contributed by atoms with Gasteiger partial charge in [-0.1, -0.05) is 0 Å². The van der Waals surface area contributed by atoms with Gasteiger partial charge < -0.3 is 16.0 Å². The second-order valence-corrected chi connectivity index (χ2v) is 4.91. The number of hydrogen-bond acceptors (Lipinski definition) is 4. The number of anilines is 1. The molecule has 0 spiro atoms. The van der Waals surface area contributed by atoms with Crippen LogP contribution in [-0.4, -0.2) is 36.6 Å². The molecule has 0 saturated carbocycles. The van der Waals surface area contributed by atoms with Crippen molar-refractivity contribution in [1.82, 2.24) is 10.3 Å². The number of hydrogen-bond donors (Lipinski definition) is 2. The van der Waals surface area contributed by atoms with E-state index >= 15 is 0 Å². The number of primary amides is 1. The zero-order chi connectivity index (χ0) is 13.3. The van der Waals surface area contributed by atoms with Gasteiger partial charge in [0.2, 0.25) is 0 Å². The second kappa shape index (κ2) is 4.94. The summed E-state index contributed by atoms with van der Waals surface area (Å²) >= 11 is 0. The minimum Gasteiger partial charge on any atom is -0.368 e. The fraction of sp³-hybridized carbons (Fsp3) is 0.538. The molecule has 1 saturated heterocycles. The average molecular weight is 248 g/mol. The lowest BCUT2D eigenvalue weighted by atomic mass is 10.1. The van der Waals surface area contributed by atoms with E-state index in [4.69, 9.17) is 5.73 Å². The van der Waals surface area contributed by atoms with Crippen LogP contribution in [-0.2, 0) is 0 Å². The van der Waals surface area contributed by atoms with Crippen LogP contribution in [0.25, 0.3) is 0 Å². The Balaban J connectivity index is 2.44. The van der Waals surface area contributed by atoms with E-state index in [2.05, 4.69) is 22.1 Å². The van der Waals surface area contributed by atoms with Crippen molar-refractivity contribution in [2.45, 2.75) is 26.8 Å². The Kier molecular flexibility index (Phi) is 3.52. The zero-order valence-corrected chi connectivity index (χ0v) is 11.2. The smallest absolute Gasteiger partial charge is 0.252 e. The molecule has 5 heteroatoms. The number of pyridine rings is 1. The molecule has 0 unspecified atom stereocenters. The van der Waals surface area contributed by atoms with Crippen molar-refractivity contribution in [3.05, 3.63) is 23.0 Å². The number of nitrogens with one attached hydrogen (secondary N) is 1. The highest BCUT2D eigenvalue weighted by Gasteiger charge is 2.22. The number of carbonyl (C=O) groups excluding carboxylic acids is 1. The Labute approximate surface area is 107 Å². The normalized spacial score (nSPS) is 19.9. The van der Waals surface area contributed by atoms with Crippen LogP contribution in [0.15, 0.2) is 6.07 Å². The van der Waals surface area contributed by atoms with Crippen LogP contribution < -0.4 is 16.0 Å². The van der Waals surface area contributed by atoms with Crippen LogP contribution in [0.3, 0.4) is 0 Å². The Morgan fingerprint density at radius 2 is 2.28 bits per heavy atom. The number of piperazine rings is 1. The lowest BCUT2D eigenvalue weighted by Crippen LogP contribution is -2.49. The van der Waals surface area contributed by atoms with E-state index in [1.54, 1.807) is 0 Å². The van der Waals surface area contributed by atoms with E-state index in [1.807, 2.05) is 19.9 Å². The number of nitrogens with zero attached hydrogens (tertiary/aromatic N) is 2. The lowest BCUT2D eigenvalue weighted by Gasteiger charge is -2.34. The van der Waals surface area contributed by atoms with Crippen LogP contribution in [0.2, 0.25) is 0 Å². The van der Waals surface area contributed by atoms with Crippen LogP contribution in [0, 0.1) is 13.8 Å². The summed E-state index contributed by atoms with van der Waals surface area (Å²) in [4.78, 5) is 18.2. The van der Waals surface area contributed by atoms with Gasteiger partial charge in [0, 0.05) is 31.4 Å². The number of amides is 1. The molecule has 1 amide bonds. The molecule has 18 heavy (non-hydrogen) atoms. The van der Waals surface area contributed by atoms with Gasteiger partial charge in [-0.15, -0.1) is 0 Å². The third-order valence-corrected chi connectivity index (χ3v) is 3.26. The van der Waals surface area contributed by atoms with Crippen molar-refractivity contribution < 1.29 is 4.79 Å². The number of rotatable bonds is 2. The molecule has 5 nitrogen and oxygen atoms in total. The molecule has 0 aromatic carbocycles. The van der Waals surface area contributed by atoms with Gasteiger partial charge in [0.15, 0.2) is 0 Å². The van der Waals surface area contributed by atoms with Crippen molar-refractivity contribution in [3.8, 4) is 0 Å². The first-order valence-electron chi connectivity index (χ1n) is 6.25. The Morgan fingerprint density at radius 3 is 2.89 bits per heavy atom. The zero-order valence-electron chi connectivity index (χ0n) is 11.2. The van der Waals surface area contributed by atoms with Gasteiger partial charge in [0.1, 0.15) is 0 Å². The maximum absolute atomic E-state index is 11.6. The summed E-state index contributed by atoms with van der Waals surface area (Å²) in [6, 6.07) is 2.36. The summed E-state index contributed by atoms with van der Waals surface area (Å²) in [5.41, 5.74) is 8.58. The summed E-state index contributed by atoms with van der Waals surface area (Å²) in [5, 5.41) is 3.39. The van der Waals surface area contributed by atoms with E-state index in [1.165, 1.54) is 0 Å². The molecule has 2 heterocycles. The monoisotopic (exact) mass is 248 g/mol. The van der Waals surface area contributed by atoms with Gasteiger partial charge in [-0.2, -0.15) is 0 Å². The minimum absolute atomic E-state index is 0.402. The SMILES string of the molecule is Cc1cc(N2CCN[C@@H](C)C2)c(C(N)=O)c(C)n1. The predicted octanol–water partition coefficient (Wildman–Crippen LogP) is 0.595. The maximum Gasteiger partial charge on any atom is 0.252 e. The fourth-order valence-electron chi connectivity index (χ4n) is 2.51. The van der Waals surface area contributed by atoms with Crippen LogP contribution >= 0.6 is 0 Å². The summed E-state index contributed by atoms with van der Waals surface area (Å²) in [6.07, 6.45) is 0. The first-order valence-corrected chi connectivity index (χ1v) is 6.25. The van der Waals surface area contributed by atoms with Crippen LogP contribution in [0.4, 0.5) is 5.69 Å². The Hall–Kier alpha value is -1.62. The van der Waals surface area contributed by atoms with Gasteiger partial charge >= 0.3 is 0 Å². The summed E-state index contributed by atoms with van der Waals surface area (Å²) in [6.45, 7) is 8.59. The van der Waals surface area contributed by atoms with Crippen molar-refractivity contribution in [1.29, 1.82) is 0 Å². The van der Waals surface area contributed by atoms with Crippen molar-refractivity contribution >= 4 is 11.6 Å². The third kappa shape index (κ3) is 2.46. The van der Waals surface area contributed by atoms with Gasteiger partial charge in [0.05, 0.1) is 16.9 Å². The summed E-state index contributed by atoms with van der Waals surface area (Å²) < 4.78 is 0. The fourth-order valence-corrected chi connectivity index (χ4v) is 2.51. The van der Waals surface area contributed by atoms with Gasteiger partial charge in [-0.25, -0.2) is 0 Å². The van der Waals surface area contributed by atoms with Gasteiger partial charge in [-0.3, -0.25) is 9.78 Å². The quantitative estimate of drug-likeness (QED) is 0.804. The molecule has 98 valence electrons. The van der Waals surface area contributed by atoms with E-state index in [-0.39, 0.29) is 0 Å². The van der Waals surface area contributed by atoms with Crippen molar-refractivity contribution in [3.63, 3.8) is 0 Å². The predicted molar refractivity (Wildman–Crippen MR) is 71.9 cm³/mol. The Bertz CT molecular complexity index is 472. The summed E-state index contributed by atoms with van der Waals surface area (Å²) in [7, 11) is 0. The molecular formula is C13H20N4O.